The quantitative estimate of drug-likeness (QED) is 0.400. The number of carbonyl (C=O) groups excluding carboxylic acids is 1. The number of nitrogens with zero attached hydrogens (tertiary/aromatic N) is 1. The van der Waals surface area contributed by atoms with Crippen LogP contribution in [-0.2, 0) is 11.0 Å². The number of anilines is 2. The molecular formula is C23H21F3N5O+. The van der Waals surface area contributed by atoms with Crippen molar-refractivity contribution in [1.29, 1.82) is 0 Å². The fourth-order valence-corrected chi connectivity index (χ4v) is 3.14. The van der Waals surface area contributed by atoms with Gasteiger partial charge in [-0.25, -0.2) is 4.98 Å². The van der Waals surface area contributed by atoms with Crippen LogP contribution in [0.15, 0.2) is 71.9 Å². The van der Waals surface area contributed by atoms with E-state index in [0.717, 1.165) is 35.7 Å². The van der Waals surface area contributed by atoms with E-state index in [1.165, 1.54) is 18.2 Å². The maximum Gasteiger partial charge on any atom is 0.418 e. The molecule has 164 valence electrons. The highest BCUT2D eigenvalue weighted by atomic mass is 19.4. The Kier molecular flexibility index (Phi) is 5.81. The predicted molar refractivity (Wildman–Crippen MR) is 116 cm³/mol. The summed E-state index contributed by atoms with van der Waals surface area (Å²) in [4.78, 5) is 18.9. The van der Waals surface area contributed by atoms with Gasteiger partial charge in [0.2, 0.25) is 5.91 Å². The first-order valence-corrected chi connectivity index (χ1v) is 10.00. The zero-order valence-corrected chi connectivity index (χ0v) is 16.9. The lowest BCUT2D eigenvalue weighted by Crippen LogP contribution is -2.24. The van der Waals surface area contributed by atoms with Gasteiger partial charge in [-0.2, -0.15) is 13.2 Å². The minimum absolute atomic E-state index is 0.0531. The third kappa shape index (κ3) is 5.23. The van der Waals surface area contributed by atoms with E-state index in [4.69, 9.17) is 5.73 Å². The van der Waals surface area contributed by atoms with Crippen molar-refractivity contribution in [3.05, 3.63) is 72.4 Å². The van der Waals surface area contributed by atoms with Crippen LogP contribution < -0.4 is 21.4 Å². The van der Waals surface area contributed by atoms with Crippen LogP contribution in [0.1, 0.15) is 18.4 Å². The molecule has 0 radical (unpaired) electrons. The molecule has 1 fully saturated rings. The van der Waals surface area contributed by atoms with E-state index in [1.807, 2.05) is 30.3 Å². The van der Waals surface area contributed by atoms with Crippen LogP contribution in [0.3, 0.4) is 0 Å². The maximum absolute atomic E-state index is 13.1. The van der Waals surface area contributed by atoms with Crippen molar-refractivity contribution >= 4 is 29.1 Å². The minimum Gasteiger partial charge on any atom is -0.348 e. The second-order valence-corrected chi connectivity index (χ2v) is 7.47. The molecule has 0 unspecified atom stereocenters. The third-order valence-electron chi connectivity index (χ3n) is 4.97. The number of nitrogens with one attached hydrogen (secondary N) is 3. The number of H-pyrrole nitrogens is 1. The van der Waals surface area contributed by atoms with E-state index in [1.54, 1.807) is 12.3 Å². The highest BCUT2D eigenvalue weighted by molar-refractivity contribution is 5.95. The maximum atomic E-state index is 13.1. The van der Waals surface area contributed by atoms with E-state index < -0.39 is 11.7 Å². The van der Waals surface area contributed by atoms with Crippen LogP contribution in [0.5, 0.6) is 0 Å². The lowest BCUT2D eigenvalue weighted by atomic mass is 10.1. The Morgan fingerprint density at radius 2 is 1.66 bits per heavy atom. The van der Waals surface area contributed by atoms with Gasteiger partial charge in [0.1, 0.15) is 0 Å². The van der Waals surface area contributed by atoms with E-state index in [9.17, 15) is 18.0 Å². The average molecular weight is 440 g/mol. The fourth-order valence-electron chi connectivity index (χ4n) is 3.14. The number of carbonyl (C=O) groups is 1. The van der Waals surface area contributed by atoms with Gasteiger partial charge in [0, 0.05) is 23.2 Å². The third-order valence-corrected chi connectivity index (χ3v) is 4.97. The summed E-state index contributed by atoms with van der Waals surface area (Å²) in [7, 11) is 0. The number of para-hydroxylation sites is 1. The largest absolute Gasteiger partial charge is 0.418 e. The minimum atomic E-state index is -4.51. The van der Waals surface area contributed by atoms with Gasteiger partial charge in [0.15, 0.2) is 0 Å². The van der Waals surface area contributed by atoms with Gasteiger partial charge in [-0.1, -0.05) is 24.3 Å². The Balaban J connectivity index is 1.43. The number of aromatic nitrogens is 1. The molecule has 1 aromatic heterocycles. The molecule has 0 saturated heterocycles. The Morgan fingerprint density at radius 1 is 0.969 bits per heavy atom. The molecule has 32 heavy (non-hydrogen) atoms. The van der Waals surface area contributed by atoms with E-state index in [-0.39, 0.29) is 23.5 Å². The van der Waals surface area contributed by atoms with Crippen molar-refractivity contribution in [3.63, 3.8) is 0 Å². The smallest absolute Gasteiger partial charge is 0.348 e. The van der Waals surface area contributed by atoms with Crippen LogP contribution in [0.4, 0.5) is 30.4 Å². The second kappa shape index (κ2) is 8.70. The van der Waals surface area contributed by atoms with Crippen LogP contribution in [-0.4, -0.2) is 11.9 Å². The number of aliphatic imine (C=N–C) groups is 1. The number of halogens is 3. The Hall–Kier alpha value is -3.88. The zero-order chi connectivity index (χ0) is 22.7. The Labute approximate surface area is 182 Å². The first kappa shape index (κ1) is 21.4. The van der Waals surface area contributed by atoms with Crippen molar-refractivity contribution in [2.24, 2.45) is 16.6 Å². The van der Waals surface area contributed by atoms with Crippen LogP contribution >= 0.6 is 0 Å². The predicted octanol–water partition coefficient (Wildman–Crippen LogP) is 4.59. The van der Waals surface area contributed by atoms with Crippen molar-refractivity contribution < 1.29 is 22.9 Å². The zero-order valence-electron chi connectivity index (χ0n) is 16.9. The molecule has 1 saturated carbocycles. The van der Waals surface area contributed by atoms with Gasteiger partial charge in [-0.3, -0.25) is 4.79 Å². The molecule has 4 rings (SSSR count). The lowest BCUT2D eigenvalue weighted by molar-refractivity contribution is -0.361. The molecule has 0 aliphatic heterocycles. The number of alkyl halides is 3. The number of aromatic amines is 1. The molecule has 0 bridgehead atoms. The number of guanidine groups is 1. The molecule has 3 aromatic rings. The summed E-state index contributed by atoms with van der Waals surface area (Å²) in [6.07, 6.45) is -0.894. The van der Waals surface area contributed by atoms with Crippen molar-refractivity contribution in [2.45, 2.75) is 19.0 Å². The van der Waals surface area contributed by atoms with Gasteiger partial charge in [-0.05, 0) is 53.7 Å². The summed E-state index contributed by atoms with van der Waals surface area (Å²) < 4.78 is 39.3. The number of amides is 1. The van der Waals surface area contributed by atoms with Gasteiger partial charge in [-0.15, -0.1) is 0 Å². The van der Waals surface area contributed by atoms with Crippen LogP contribution in [0.25, 0.3) is 11.1 Å². The molecule has 1 aliphatic carbocycles. The molecule has 0 atom stereocenters. The Morgan fingerprint density at radius 3 is 2.28 bits per heavy atom. The van der Waals surface area contributed by atoms with Gasteiger partial charge in [0.05, 0.1) is 17.4 Å². The summed E-state index contributed by atoms with van der Waals surface area (Å²) in [6, 6.07) is 16.0. The van der Waals surface area contributed by atoms with Crippen molar-refractivity contribution in [3.8, 4) is 11.1 Å². The SMILES string of the molecule is NC(=Nc1ccc(-c2ccc(NC(=O)C3CC3)cc2)c[nH+]1)Nc1ccccc1C(F)(F)F. The summed E-state index contributed by atoms with van der Waals surface area (Å²) in [5, 5.41) is 5.39. The molecule has 5 N–H and O–H groups in total. The number of benzene rings is 2. The molecule has 1 aliphatic rings. The summed E-state index contributed by atoms with van der Waals surface area (Å²) in [5.74, 6) is 0.386. The standard InChI is InChI=1S/C23H20F3N5O/c24-23(25,26)18-3-1-2-4-19(18)30-22(27)31-20-12-9-16(13-28-20)14-7-10-17(11-8-14)29-21(32)15-5-6-15/h1-4,7-13,15H,5-6H2,(H,29,32)(H3,27,28,30,31)/p+1. The Bertz CT molecular complexity index is 1140. The second-order valence-electron chi connectivity index (χ2n) is 7.47. The van der Waals surface area contributed by atoms with Crippen molar-refractivity contribution in [2.75, 3.05) is 10.6 Å². The molecule has 9 heteroatoms. The first-order valence-electron chi connectivity index (χ1n) is 10.00. The van der Waals surface area contributed by atoms with E-state index >= 15 is 0 Å². The van der Waals surface area contributed by atoms with Crippen molar-refractivity contribution in [1.82, 2.24) is 0 Å². The number of pyridine rings is 1. The van der Waals surface area contributed by atoms with Gasteiger partial charge < -0.3 is 16.4 Å². The molecule has 1 heterocycles. The first-order chi connectivity index (χ1) is 15.3. The normalized spacial score (nSPS) is 14.2. The number of rotatable bonds is 5. The number of nitrogens with two attached hydrogens (primary N) is 1. The molecule has 1 amide bonds. The summed E-state index contributed by atoms with van der Waals surface area (Å²) in [5.41, 5.74) is 7.34. The van der Waals surface area contributed by atoms with Crippen LogP contribution in [0, 0.1) is 5.92 Å². The van der Waals surface area contributed by atoms with Gasteiger partial charge in [0.25, 0.3) is 0 Å². The molecule has 0 spiro atoms. The summed E-state index contributed by atoms with van der Waals surface area (Å²) >= 11 is 0. The highest BCUT2D eigenvalue weighted by Gasteiger charge is 2.33. The topological polar surface area (TPSA) is 93.6 Å². The summed E-state index contributed by atoms with van der Waals surface area (Å²) in [6.45, 7) is 0. The monoisotopic (exact) mass is 440 g/mol. The average Bonchev–Trinajstić information content (AvgIpc) is 3.60. The molecule has 6 nitrogen and oxygen atoms in total. The van der Waals surface area contributed by atoms with E-state index in [2.05, 4.69) is 20.6 Å². The van der Waals surface area contributed by atoms with E-state index in [0.29, 0.717) is 5.82 Å². The fraction of sp³-hybridized carbons (Fsp3) is 0.174. The van der Waals surface area contributed by atoms with Crippen LogP contribution in [0.2, 0.25) is 0 Å². The van der Waals surface area contributed by atoms with Gasteiger partial charge >= 0.3 is 18.0 Å². The molecular weight excluding hydrogens is 419 g/mol. The number of hydrogen-bond acceptors (Lipinski definition) is 2. The number of hydrogen-bond donors (Lipinski definition) is 3. The molecule has 2 aromatic carbocycles. The highest BCUT2D eigenvalue weighted by Crippen LogP contribution is 2.34. The lowest BCUT2D eigenvalue weighted by Gasteiger charge is -2.12.